The molecule has 0 bridgehead atoms. The summed E-state index contributed by atoms with van der Waals surface area (Å²) in [5, 5.41) is 3.33. The maximum absolute atomic E-state index is 12.0. The van der Waals surface area contributed by atoms with Crippen molar-refractivity contribution in [1.82, 2.24) is 10.2 Å². The molecular formula is C16H24N2O. The number of piperazine rings is 1. The highest BCUT2D eigenvalue weighted by Gasteiger charge is 2.25. The van der Waals surface area contributed by atoms with Crippen molar-refractivity contribution in [2.24, 2.45) is 0 Å². The average molecular weight is 260 g/mol. The van der Waals surface area contributed by atoms with E-state index < -0.39 is 0 Å². The zero-order valence-electron chi connectivity index (χ0n) is 12.0. The second-order valence-electron chi connectivity index (χ2n) is 5.29. The Morgan fingerprint density at radius 2 is 1.89 bits per heavy atom. The number of hydrogen-bond acceptors (Lipinski definition) is 3. The Balaban J connectivity index is 2.15. The van der Waals surface area contributed by atoms with E-state index in [2.05, 4.69) is 41.4 Å². The van der Waals surface area contributed by atoms with E-state index in [1.54, 1.807) is 6.92 Å². The predicted molar refractivity (Wildman–Crippen MR) is 78.3 cm³/mol. The molecule has 1 aromatic rings. The number of nitrogens with one attached hydrogen (secondary N) is 1. The SMILES string of the molecule is CCCc1ccc(C(C(C)=O)N2CCNCC2)cc1. The second-order valence-corrected chi connectivity index (χ2v) is 5.29. The minimum atomic E-state index is -0.0715. The van der Waals surface area contributed by atoms with E-state index in [4.69, 9.17) is 0 Å². The Morgan fingerprint density at radius 3 is 2.42 bits per heavy atom. The minimum Gasteiger partial charge on any atom is -0.314 e. The summed E-state index contributed by atoms with van der Waals surface area (Å²) in [6.07, 6.45) is 2.27. The van der Waals surface area contributed by atoms with Crippen LogP contribution >= 0.6 is 0 Å². The minimum absolute atomic E-state index is 0.0715. The van der Waals surface area contributed by atoms with E-state index in [1.165, 1.54) is 5.56 Å². The van der Waals surface area contributed by atoms with Gasteiger partial charge in [-0.25, -0.2) is 0 Å². The Bertz CT molecular complexity index is 407. The largest absolute Gasteiger partial charge is 0.314 e. The molecule has 1 aromatic carbocycles. The second kappa shape index (κ2) is 6.83. The van der Waals surface area contributed by atoms with Crippen LogP contribution in [0.4, 0.5) is 0 Å². The molecule has 1 atom stereocenters. The predicted octanol–water partition coefficient (Wildman–Crippen LogP) is 2.17. The molecule has 1 aliphatic heterocycles. The fourth-order valence-corrected chi connectivity index (χ4v) is 2.80. The molecule has 1 N–H and O–H groups in total. The van der Waals surface area contributed by atoms with Crippen LogP contribution in [0.25, 0.3) is 0 Å². The molecule has 3 heteroatoms. The van der Waals surface area contributed by atoms with Gasteiger partial charge in [0.2, 0.25) is 0 Å². The van der Waals surface area contributed by atoms with Crippen LogP contribution < -0.4 is 5.32 Å². The van der Waals surface area contributed by atoms with E-state index in [0.29, 0.717) is 0 Å². The number of rotatable bonds is 5. The molecule has 0 radical (unpaired) electrons. The zero-order chi connectivity index (χ0) is 13.7. The lowest BCUT2D eigenvalue weighted by Gasteiger charge is -2.33. The van der Waals surface area contributed by atoms with Crippen molar-refractivity contribution in [1.29, 1.82) is 0 Å². The van der Waals surface area contributed by atoms with Gasteiger partial charge >= 0.3 is 0 Å². The van der Waals surface area contributed by atoms with Gasteiger partial charge in [-0.2, -0.15) is 0 Å². The van der Waals surface area contributed by atoms with Crippen LogP contribution in [0.3, 0.4) is 0 Å². The van der Waals surface area contributed by atoms with E-state index in [1.807, 2.05) is 0 Å². The Morgan fingerprint density at radius 1 is 1.26 bits per heavy atom. The van der Waals surface area contributed by atoms with E-state index in [0.717, 1.165) is 44.6 Å². The van der Waals surface area contributed by atoms with E-state index >= 15 is 0 Å². The highest BCUT2D eigenvalue weighted by atomic mass is 16.1. The fourth-order valence-electron chi connectivity index (χ4n) is 2.80. The lowest BCUT2D eigenvalue weighted by molar-refractivity contribution is -0.122. The molecule has 1 saturated heterocycles. The van der Waals surface area contributed by atoms with Crippen LogP contribution in [-0.4, -0.2) is 36.9 Å². The van der Waals surface area contributed by atoms with Gasteiger partial charge in [0.25, 0.3) is 0 Å². The molecule has 0 spiro atoms. The number of ketones is 1. The fraction of sp³-hybridized carbons (Fsp3) is 0.562. The van der Waals surface area contributed by atoms with Gasteiger partial charge in [-0.15, -0.1) is 0 Å². The van der Waals surface area contributed by atoms with Crippen LogP contribution in [0.15, 0.2) is 24.3 Å². The van der Waals surface area contributed by atoms with E-state index in [9.17, 15) is 4.79 Å². The van der Waals surface area contributed by atoms with Crippen LogP contribution in [-0.2, 0) is 11.2 Å². The van der Waals surface area contributed by atoms with Crippen molar-refractivity contribution in [3.05, 3.63) is 35.4 Å². The number of Topliss-reactive ketones (excluding diaryl/α,β-unsaturated/α-hetero) is 1. The van der Waals surface area contributed by atoms with Gasteiger partial charge in [0.1, 0.15) is 0 Å². The topological polar surface area (TPSA) is 32.3 Å². The Hall–Kier alpha value is -1.19. The number of carbonyl (C=O) groups excluding carboxylic acids is 1. The lowest BCUT2D eigenvalue weighted by atomic mass is 9.98. The van der Waals surface area contributed by atoms with Crippen molar-refractivity contribution in [3.8, 4) is 0 Å². The number of nitrogens with zero attached hydrogens (tertiary/aromatic N) is 1. The van der Waals surface area contributed by atoms with Gasteiger partial charge in [-0.1, -0.05) is 37.6 Å². The van der Waals surface area contributed by atoms with Crippen LogP contribution in [0.1, 0.15) is 37.4 Å². The van der Waals surface area contributed by atoms with Crippen LogP contribution in [0, 0.1) is 0 Å². The summed E-state index contributed by atoms with van der Waals surface area (Å²) in [5.74, 6) is 0.241. The van der Waals surface area contributed by atoms with Crippen molar-refractivity contribution in [3.63, 3.8) is 0 Å². The van der Waals surface area contributed by atoms with Crippen molar-refractivity contribution < 1.29 is 4.79 Å². The molecule has 1 aliphatic rings. The van der Waals surface area contributed by atoms with Crippen molar-refractivity contribution in [2.75, 3.05) is 26.2 Å². The summed E-state index contributed by atoms with van der Waals surface area (Å²) in [7, 11) is 0. The van der Waals surface area contributed by atoms with Gasteiger partial charge in [-0.3, -0.25) is 9.69 Å². The van der Waals surface area contributed by atoms with Gasteiger partial charge in [0.05, 0.1) is 6.04 Å². The number of benzene rings is 1. The first-order chi connectivity index (χ1) is 9.22. The molecule has 0 aliphatic carbocycles. The number of aryl methyl sites for hydroxylation is 1. The summed E-state index contributed by atoms with van der Waals surface area (Å²) < 4.78 is 0. The Kier molecular flexibility index (Phi) is 5.11. The average Bonchev–Trinajstić information content (AvgIpc) is 2.42. The van der Waals surface area contributed by atoms with Gasteiger partial charge < -0.3 is 5.32 Å². The maximum Gasteiger partial charge on any atom is 0.151 e. The molecule has 1 heterocycles. The van der Waals surface area contributed by atoms with Crippen LogP contribution in [0.2, 0.25) is 0 Å². The van der Waals surface area contributed by atoms with E-state index in [-0.39, 0.29) is 11.8 Å². The zero-order valence-corrected chi connectivity index (χ0v) is 12.0. The maximum atomic E-state index is 12.0. The van der Waals surface area contributed by atoms with Gasteiger partial charge in [0, 0.05) is 26.2 Å². The van der Waals surface area contributed by atoms with Crippen LogP contribution in [0.5, 0.6) is 0 Å². The molecule has 0 aromatic heterocycles. The van der Waals surface area contributed by atoms with Crippen molar-refractivity contribution >= 4 is 5.78 Å². The molecule has 19 heavy (non-hydrogen) atoms. The molecule has 1 unspecified atom stereocenters. The highest BCUT2D eigenvalue weighted by Crippen LogP contribution is 2.23. The first-order valence-electron chi connectivity index (χ1n) is 7.26. The Labute approximate surface area is 116 Å². The molecule has 0 amide bonds. The normalized spacial score (nSPS) is 18.2. The first-order valence-corrected chi connectivity index (χ1v) is 7.26. The summed E-state index contributed by atoms with van der Waals surface area (Å²) in [6, 6.07) is 8.50. The molecule has 104 valence electrons. The standard InChI is InChI=1S/C16H24N2O/c1-3-4-14-5-7-15(8-6-14)16(13(2)19)18-11-9-17-10-12-18/h5-8,16-17H,3-4,9-12H2,1-2H3. The molecular weight excluding hydrogens is 236 g/mol. The quantitative estimate of drug-likeness (QED) is 0.880. The summed E-state index contributed by atoms with van der Waals surface area (Å²) >= 11 is 0. The van der Waals surface area contributed by atoms with Gasteiger partial charge in [-0.05, 0) is 24.5 Å². The lowest BCUT2D eigenvalue weighted by Crippen LogP contribution is -2.46. The van der Waals surface area contributed by atoms with Crippen molar-refractivity contribution in [2.45, 2.75) is 32.7 Å². The highest BCUT2D eigenvalue weighted by molar-refractivity contribution is 5.83. The number of carbonyl (C=O) groups is 1. The smallest absolute Gasteiger partial charge is 0.151 e. The third-order valence-electron chi connectivity index (χ3n) is 3.74. The first kappa shape index (κ1) is 14.2. The summed E-state index contributed by atoms with van der Waals surface area (Å²) in [5.41, 5.74) is 2.49. The monoisotopic (exact) mass is 260 g/mol. The molecule has 1 fully saturated rings. The molecule has 0 saturated carbocycles. The molecule has 3 nitrogen and oxygen atoms in total. The number of hydrogen-bond donors (Lipinski definition) is 1. The summed E-state index contributed by atoms with van der Waals surface area (Å²) in [6.45, 7) is 7.72. The molecule has 2 rings (SSSR count). The van der Waals surface area contributed by atoms with Gasteiger partial charge in [0.15, 0.2) is 5.78 Å². The third kappa shape index (κ3) is 3.64. The third-order valence-corrected chi connectivity index (χ3v) is 3.74. The summed E-state index contributed by atoms with van der Waals surface area (Å²) in [4.78, 5) is 14.3.